The van der Waals surface area contributed by atoms with Crippen molar-refractivity contribution in [1.82, 2.24) is 15.0 Å². The molecule has 0 fully saturated rings. The fraction of sp³-hybridized carbons (Fsp3) is 0.211. The van der Waals surface area contributed by atoms with Crippen molar-refractivity contribution in [2.24, 2.45) is 0 Å². The number of nitrogens with one attached hydrogen (secondary N) is 1. The van der Waals surface area contributed by atoms with Crippen LogP contribution in [0.1, 0.15) is 41.4 Å². The van der Waals surface area contributed by atoms with E-state index in [9.17, 15) is 9.90 Å². The van der Waals surface area contributed by atoms with Crippen LogP contribution in [0.15, 0.2) is 48.7 Å². The SMILES string of the molecule is Cc1cc(O)c(C(C)C)cc1NC(=O)c1cnn(-c2ccccc2)n1. The number of benzene rings is 2. The van der Waals surface area contributed by atoms with Gasteiger partial charge in [0.2, 0.25) is 0 Å². The Morgan fingerprint density at radius 2 is 1.92 bits per heavy atom. The summed E-state index contributed by atoms with van der Waals surface area (Å²) in [5.41, 5.74) is 3.23. The normalized spacial score (nSPS) is 10.9. The molecule has 25 heavy (non-hydrogen) atoms. The highest BCUT2D eigenvalue weighted by Gasteiger charge is 2.15. The van der Waals surface area contributed by atoms with Gasteiger partial charge < -0.3 is 10.4 Å². The number of para-hydroxylation sites is 1. The van der Waals surface area contributed by atoms with Crippen LogP contribution in [0.3, 0.4) is 0 Å². The van der Waals surface area contributed by atoms with Crippen LogP contribution < -0.4 is 5.32 Å². The molecule has 0 aliphatic rings. The second kappa shape index (κ2) is 6.76. The molecule has 1 amide bonds. The number of aromatic hydroxyl groups is 1. The Morgan fingerprint density at radius 1 is 1.20 bits per heavy atom. The number of anilines is 1. The highest BCUT2D eigenvalue weighted by atomic mass is 16.3. The second-order valence-electron chi connectivity index (χ2n) is 6.19. The Balaban J connectivity index is 1.84. The Bertz CT molecular complexity index is 901. The number of aromatic nitrogens is 3. The molecular formula is C19H20N4O2. The van der Waals surface area contributed by atoms with Gasteiger partial charge >= 0.3 is 0 Å². The predicted octanol–water partition coefficient (Wildman–Crippen LogP) is 3.66. The molecule has 0 unspecified atom stereocenters. The van der Waals surface area contributed by atoms with Gasteiger partial charge in [0.1, 0.15) is 5.75 Å². The van der Waals surface area contributed by atoms with Crippen LogP contribution in [0.5, 0.6) is 5.75 Å². The number of nitrogens with zero attached hydrogens (tertiary/aromatic N) is 3. The Morgan fingerprint density at radius 3 is 2.60 bits per heavy atom. The summed E-state index contributed by atoms with van der Waals surface area (Å²) in [5, 5.41) is 21.2. The van der Waals surface area contributed by atoms with Crippen LogP contribution in [0.25, 0.3) is 5.69 Å². The standard InChI is InChI=1S/C19H20N4O2/c1-12(2)15-10-16(13(3)9-18(15)24)21-19(25)17-11-20-23(22-17)14-7-5-4-6-8-14/h4-12,24H,1-3H3,(H,21,25). The van der Waals surface area contributed by atoms with Gasteiger partial charge in [-0.2, -0.15) is 9.90 Å². The van der Waals surface area contributed by atoms with Crippen LogP contribution in [-0.4, -0.2) is 26.0 Å². The van der Waals surface area contributed by atoms with Gasteiger partial charge in [0.05, 0.1) is 11.9 Å². The van der Waals surface area contributed by atoms with E-state index in [4.69, 9.17) is 0 Å². The molecule has 0 aliphatic heterocycles. The molecule has 0 aliphatic carbocycles. The maximum Gasteiger partial charge on any atom is 0.277 e. The maximum absolute atomic E-state index is 12.5. The average molecular weight is 336 g/mol. The lowest BCUT2D eigenvalue weighted by molar-refractivity contribution is 0.102. The molecule has 3 aromatic rings. The molecule has 1 aromatic heterocycles. The minimum atomic E-state index is -0.342. The fourth-order valence-electron chi connectivity index (χ4n) is 2.55. The zero-order valence-corrected chi connectivity index (χ0v) is 14.4. The maximum atomic E-state index is 12.5. The molecule has 0 radical (unpaired) electrons. The van der Waals surface area contributed by atoms with Crippen molar-refractivity contribution >= 4 is 11.6 Å². The molecule has 1 heterocycles. The lowest BCUT2D eigenvalue weighted by Gasteiger charge is -2.14. The zero-order valence-electron chi connectivity index (χ0n) is 14.4. The van der Waals surface area contributed by atoms with E-state index < -0.39 is 0 Å². The molecule has 0 saturated heterocycles. The quantitative estimate of drug-likeness (QED) is 0.713. The molecule has 0 saturated carbocycles. The third-order valence-corrected chi connectivity index (χ3v) is 3.96. The van der Waals surface area contributed by atoms with Crippen molar-refractivity contribution in [2.75, 3.05) is 5.32 Å². The van der Waals surface area contributed by atoms with Crippen LogP contribution in [0, 0.1) is 6.92 Å². The number of rotatable bonds is 4. The third kappa shape index (κ3) is 3.52. The first kappa shape index (κ1) is 16.7. The van der Waals surface area contributed by atoms with E-state index >= 15 is 0 Å². The summed E-state index contributed by atoms with van der Waals surface area (Å²) < 4.78 is 0. The van der Waals surface area contributed by atoms with Crippen molar-refractivity contribution < 1.29 is 9.90 Å². The number of phenols is 1. The van der Waals surface area contributed by atoms with Gasteiger partial charge in [0.15, 0.2) is 5.69 Å². The van der Waals surface area contributed by atoms with Gasteiger partial charge in [-0.3, -0.25) is 4.79 Å². The number of amides is 1. The summed E-state index contributed by atoms with van der Waals surface area (Å²) in [7, 11) is 0. The van der Waals surface area contributed by atoms with E-state index in [0.717, 1.165) is 16.8 Å². The van der Waals surface area contributed by atoms with Crippen molar-refractivity contribution in [3.05, 3.63) is 65.5 Å². The minimum Gasteiger partial charge on any atom is -0.508 e. The molecule has 0 bridgehead atoms. The molecule has 6 nitrogen and oxygen atoms in total. The summed E-state index contributed by atoms with van der Waals surface area (Å²) in [6.07, 6.45) is 1.43. The first-order chi connectivity index (χ1) is 12.0. The largest absolute Gasteiger partial charge is 0.508 e. The van der Waals surface area contributed by atoms with E-state index in [1.54, 1.807) is 12.1 Å². The number of phenolic OH excluding ortho intramolecular Hbond substituents is 1. The van der Waals surface area contributed by atoms with E-state index in [-0.39, 0.29) is 23.3 Å². The Labute approximate surface area is 146 Å². The monoisotopic (exact) mass is 336 g/mol. The second-order valence-corrected chi connectivity index (χ2v) is 6.19. The van der Waals surface area contributed by atoms with Crippen LogP contribution in [0.2, 0.25) is 0 Å². The van der Waals surface area contributed by atoms with Crippen molar-refractivity contribution in [3.63, 3.8) is 0 Å². The third-order valence-electron chi connectivity index (χ3n) is 3.96. The first-order valence-corrected chi connectivity index (χ1v) is 8.08. The number of carbonyl (C=O) groups is 1. The molecule has 6 heteroatoms. The summed E-state index contributed by atoms with van der Waals surface area (Å²) >= 11 is 0. The van der Waals surface area contributed by atoms with Crippen LogP contribution in [-0.2, 0) is 0 Å². The van der Waals surface area contributed by atoms with Gasteiger partial charge in [-0.25, -0.2) is 0 Å². The first-order valence-electron chi connectivity index (χ1n) is 8.08. The molecular weight excluding hydrogens is 316 g/mol. The van der Waals surface area contributed by atoms with Crippen molar-refractivity contribution in [2.45, 2.75) is 26.7 Å². The number of aryl methyl sites for hydroxylation is 1. The van der Waals surface area contributed by atoms with E-state index in [1.165, 1.54) is 11.0 Å². The molecule has 2 aromatic carbocycles. The molecule has 0 atom stereocenters. The van der Waals surface area contributed by atoms with Crippen molar-refractivity contribution in [3.8, 4) is 11.4 Å². The van der Waals surface area contributed by atoms with E-state index in [1.807, 2.05) is 51.1 Å². The van der Waals surface area contributed by atoms with E-state index in [2.05, 4.69) is 15.5 Å². The molecule has 128 valence electrons. The lowest BCUT2D eigenvalue weighted by atomic mass is 9.99. The van der Waals surface area contributed by atoms with Crippen LogP contribution in [0.4, 0.5) is 5.69 Å². The Kier molecular flexibility index (Phi) is 4.52. The lowest BCUT2D eigenvalue weighted by Crippen LogP contribution is -2.14. The number of hydrogen-bond donors (Lipinski definition) is 2. The van der Waals surface area contributed by atoms with Gasteiger partial charge in [-0.15, -0.1) is 5.10 Å². The average Bonchev–Trinajstić information content (AvgIpc) is 3.08. The zero-order chi connectivity index (χ0) is 18.0. The molecule has 3 rings (SSSR count). The number of carbonyl (C=O) groups excluding carboxylic acids is 1. The molecule has 0 spiro atoms. The smallest absolute Gasteiger partial charge is 0.277 e. The predicted molar refractivity (Wildman–Crippen MR) is 96.2 cm³/mol. The van der Waals surface area contributed by atoms with Gasteiger partial charge in [0, 0.05) is 5.69 Å². The fourth-order valence-corrected chi connectivity index (χ4v) is 2.55. The summed E-state index contributed by atoms with van der Waals surface area (Å²) in [6.45, 7) is 5.81. The minimum absolute atomic E-state index is 0.148. The topological polar surface area (TPSA) is 80.0 Å². The van der Waals surface area contributed by atoms with Gasteiger partial charge in [-0.05, 0) is 48.2 Å². The van der Waals surface area contributed by atoms with E-state index in [0.29, 0.717) is 5.69 Å². The summed E-state index contributed by atoms with van der Waals surface area (Å²) in [6, 6.07) is 12.8. The summed E-state index contributed by atoms with van der Waals surface area (Å²) in [5.74, 6) is 0.0430. The van der Waals surface area contributed by atoms with Crippen molar-refractivity contribution in [1.29, 1.82) is 0 Å². The summed E-state index contributed by atoms with van der Waals surface area (Å²) in [4.78, 5) is 13.9. The Hall–Kier alpha value is -3.15. The van der Waals surface area contributed by atoms with Gasteiger partial charge in [0.25, 0.3) is 5.91 Å². The highest BCUT2D eigenvalue weighted by molar-refractivity contribution is 6.03. The highest BCUT2D eigenvalue weighted by Crippen LogP contribution is 2.31. The van der Waals surface area contributed by atoms with Gasteiger partial charge in [-0.1, -0.05) is 32.0 Å². The molecule has 2 N–H and O–H groups in total. The van der Waals surface area contributed by atoms with Crippen LogP contribution >= 0.6 is 0 Å². The number of hydrogen-bond acceptors (Lipinski definition) is 4.